The van der Waals surface area contributed by atoms with E-state index >= 15 is 0 Å². The predicted molar refractivity (Wildman–Crippen MR) is 105 cm³/mol. The Hall–Kier alpha value is -1.92. The Labute approximate surface area is 164 Å². The highest BCUT2D eigenvalue weighted by Gasteiger charge is 2.27. The number of fused-ring (bicyclic) bond motifs is 2. The van der Waals surface area contributed by atoms with Crippen molar-refractivity contribution in [3.63, 3.8) is 0 Å². The van der Waals surface area contributed by atoms with Crippen LogP contribution in [0, 0.1) is 0 Å². The number of imidazole rings is 1. The van der Waals surface area contributed by atoms with Gasteiger partial charge in [0.05, 0.1) is 10.7 Å². The standard InChI is InChI=1S/C20H25ClN6/c21-16-7-8-18-22-17(14-26(18)12-16)13-25-9-4-5-15(11-25)20-24-23-19-6-2-1-3-10-27(19)20/h7-8,12,14-15H,1-6,9-11,13H2. The SMILES string of the molecule is Clc1ccc2nc(CN3CCCC(c4nnc5n4CCCCC5)C3)cn2c1. The molecule has 27 heavy (non-hydrogen) atoms. The highest BCUT2D eigenvalue weighted by atomic mass is 35.5. The normalized spacial score (nSPS) is 21.3. The van der Waals surface area contributed by atoms with E-state index in [-0.39, 0.29) is 0 Å². The highest BCUT2D eigenvalue weighted by molar-refractivity contribution is 6.30. The molecular weight excluding hydrogens is 360 g/mol. The van der Waals surface area contributed by atoms with Gasteiger partial charge >= 0.3 is 0 Å². The van der Waals surface area contributed by atoms with E-state index in [1.54, 1.807) is 0 Å². The number of rotatable bonds is 3. The van der Waals surface area contributed by atoms with E-state index in [4.69, 9.17) is 16.6 Å². The smallest absolute Gasteiger partial charge is 0.137 e. The fourth-order valence-corrected chi connectivity index (χ4v) is 4.71. The topological polar surface area (TPSA) is 51.2 Å². The second-order valence-corrected chi connectivity index (χ2v) is 8.29. The number of nitrogens with zero attached hydrogens (tertiary/aromatic N) is 6. The first-order valence-electron chi connectivity index (χ1n) is 10.0. The molecule has 7 heteroatoms. The third-order valence-electron chi connectivity index (χ3n) is 5.86. The van der Waals surface area contributed by atoms with Crippen molar-refractivity contribution in [3.05, 3.63) is 46.9 Å². The van der Waals surface area contributed by atoms with Gasteiger partial charge in [0.1, 0.15) is 17.3 Å². The van der Waals surface area contributed by atoms with Crippen LogP contribution in [0.25, 0.3) is 5.65 Å². The lowest BCUT2D eigenvalue weighted by atomic mass is 9.97. The van der Waals surface area contributed by atoms with Crippen LogP contribution in [0.5, 0.6) is 0 Å². The van der Waals surface area contributed by atoms with Crippen LogP contribution in [0.15, 0.2) is 24.5 Å². The number of piperidine rings is 1. The molecule has 0 saturated carbocycles. The number of aryl methyl sites for hydroxylation is 1. The van der Waals surface area contributed by atoms with Crippen molar-refractivity contribution in [2.24, 2.45) is 0 Å². The Kier molecular flexibility index (Phi) is 4.61. The van der Waals surface area contributed by atoms with Crippen molar-refractivity contribution in [1.82, 2.24) is 29.0 Å². The van der Waals surface area contributed by atoms with E-state index < -0.39 is 0 Å². The summed E-state index contributed by atoms with van der Waals surface area (Å²) in [6.07, 6.45) is 11.3. The van der Waals surface area contributed by atoms with Crippen LogP contribution in [0.4, 0.5) is 0 Å². The third-order valence-corrected chi connectivity index (χ3v) is 6.08. The second-order valence-electron chi connectivity index (χ2n) is 7.86. The molecule has 0 amide bonds. The molecule has 6 nitrogen and oxygen atoms in total. The maximum absolute atomic E-state index is 6.09. The minimum Gasteiger partial charge on any atom is -0.315 e. The zero-order valence-electron chi connectivity index (χ0n) is 15.5. The molecular formula is C20H25ClN6. The monoisotopic (exact) mass is 384 g/mol. The van der Waals surface area contributed by atoms with Crippen LogP contribution in [-0.2, 0) is 19.5 Å². The van der Waals surface area contributed by atoms with E-state index in [1.807, 2.05) is 22.7 Å². The van der Waals surface area contributed by atoms with Crippen LogP contribution < -0.4 is 0 Å². The quantitative estimate of drug-likeness (QED) is 0.691. The van der Waals surface area contributed by atoms with Crippen molar-refractivity contribution in [2.75, 3.05) is 13.1 Å². The van der Waals surface area contributed by atoms with E-state index in [0.29, 0.717) is 5.92 Å². The number of pyridine rings is 1. The van der Waals surface area contributed by atoms with Gasteiger partial charge in [-0.1, -0.05) is 18.0 Å². The van der Waals surface area contributed by atoms with Gasteiger partial charge in [-0.25, -0.2) is 4.98 Å². The minimum absolute atomic E-state index is 0.476. The fourth-order valence-electron chi connectivity index (χ4n) is 4.54. The first-order valence-corrected chi connectivity index (χ1v) is 10.4. The first-order chi connectivity index (χ1) is 13.3. The Balaban J connectivity index is 1.32. The van der Waals surface area contributed by atoms with Crippen LogP contribution >= 0.6 is 11.6 Å². The molecule has 5 rings (SSSR count). The maximum Gasteiger partial charge on any atom is 0.137 e. The average Bonchev–Trinajstić information content (AvgIpc) is 3.17. The largest absolute Gasteiger partial charge is 0.315 e. The molecule has 142 valence electrons. The van der Waals surface area contributed by atoms with Crippen molar-refractivity contribution in [3.8, 4) is 0 Å². The van der Waals surface area contributed by atoms with Gasteiger partial charge in [0.25, 0.3) is 0 Å². The molecule has 3 aromatic rings. The van der Waals surface area contributed by atoms with Crippen molar-refractivity contribution in [2.45, 2.75) is 57.5 Å². The molecule has 1 saturated heterocycles. The molecule has 0 aromatic carbocycles. The molecule has 1 unspecified atom stereocenters. The van der Waals surface area contributed by atoms with E-state index in [9.17, 15) is 0 Å². The molecule has 2 aliphatic heterocycles. The molecule has 1 atom stereocenters. The summed E-state index contributed by atoms with van der Waals surface area (Å²) < 4.78 is 4.42. The van der Waals surface area contributed by atoms with Gasteiger partial charge in [0.2, 0.25) is 0 Å². The van der Waals surface area contributed by atoms with Crippen LogP contribution in [0.3, 0.4) is 0 Å². The van der Waals surface area contributed by atoms with Gasteiger partial charge in [-0.05, 0) is 44.4 Å². The molecule has 3 aromatic heterocycles. The summed E-state index contributed by atoms with van der Waals surface area (Å²) in [6.45, 7) is 4.11. The number of likely N-dealkylation sites (tertiary alicyclic amines) is 1. The van der Waals surface area contributed by atoms with Crippen LogP contribution in [-0.4, -0.2) is 42.1 Å². The zero-order chi connectivity index (χ0) is 18.2. The lowest BCUT2D eigenvalue weighted by Crippen LogP contribution is -2.35. The Bertz CT molecular complexity index is 945. The number of halogens is 1. The molecule has 0 aliphatic carbocycles. The number of hydrogen-bond donors (Lipinski definition) is 0. The predicted octanol–water partition coefficient (Wildman–Crippen LogP) is 3.69. The van der Waals surface area contributed by atoms with E-state index in [2.05, 4.69) is 25.9 Å². The van der Waals surface area contributed by atoms with Crippen molar-refractivity contribution < 1.29 is 0 Å². The highest BCUT2D eigenvalue weighted by Crippen LogP contribution is 2.28. The third kappa shape index (κ3) is 3.48. The van der Waals surface area contributed by atoms with Crippen LogP contribution in [0.2, 0.25) is 5.02 Å². The fraction of sp³-hybridized carbons (Fsp3) is 0.550. The molecule has 2 aliphatic rings. The average molecular weight is 385 g/mol. The summed E-state index contributed by atoms with van der Waals surface area (Å²) in [5.74, 6) is 2.87. The molecule has 0 radical (unpaired) electrons. The molecule has 0 bridgehead atoms. The minimum atomic E-state index is 0.476. The first kappa shape index (κ1) is 17.2. The van der Waals surface area contributed by atoms with Gasteiger partial charge in [-0.15, -0.1) is 10.2 Å². The number of aromatic nitrogens is 5. The van der Waals surface area contributed by atoms with Gasteiger partial charge in [0, 0.05) is 44.4 Å². The Morgan fingerprint density at radius 1 is 1.04 bits per heavy atom. The summed E-state index contributed by atoms with van der Waals surface area (Å²) >= 11 is 6.09. The molecule has 0 N–H and O–H groups in total. The zero-order valence-corrected chi connectivity index (χ0v) is 16.3. The summed E-state index contributed by atoms with van der Waals surface area (Å²) in [7, 11) is 0. The second kappa shape index (κ2) is 7.24. The Morgan fingerprint density at radius 3 is 2.96 bits per heavy atom. The lowest BCUT2D eigenvalue weighted by molar-refractivity contribution is 0.192. The summed E-state index contributed by atoms with van der Waals surface area (Å²) in [6, 6.07) is 3.86. The van der Waals surface area contributed by atoms with Crippen LogP contribution in [0.1, 0.15) is 55.4 Å². The molecule has 5 heterocycles. The lowest BCUT2D eigenvalue weighted by Gasteiger charge is -2.31. The molecule has 1 fully saturated rings. The Morgan fingerprint density at radius 2 is 2.00 bits per heavy atom. The van der Waals surface area contributed by atoms with Gasteiger partial charge < -0.3 is 8.97 Å². The van der Waals surface area contributed by atoms with Gasteiger partial charge in [0.15, 0.2) is 0 Å². The van der Waals surface area contributed by atoms with Gasteiger partial charge in [-0.2, -0.15) is 0 Å². The van der Waals surface area contributed by atoms with E-state index in [0.717, 1.165) is 49.0 Å². The van der Waals surface area contributed by atoms with Crippen molar-refractivity contribution in [1.29, 1.82) is 0 Å². The number of hydrogen-bond acceptors (Lipinski definition) is 4. The van der Waals surface area contributed by atoms with Crippen molar-refractivity contribution >= 4 is 17.2 Å². The van der Waals surface area contributed by atoms with E-state index in [1.165, 1.54) is 43.8 Å². The summed E-state index contributed by atoms with van der Waals surface area (Å²) in [5.41, 5.74) is 2.05. The summed E-state index contributed by atoms with van der Waals surface area (Å²) in [4.78, 5) is 7.26. The maximum atomic E-state index is 6.09. The van der Waals surface area contributed by atoms with Gasteiger partial charge in [-0.3, -0.25) is 4.90 Å². The molecule has 0 spiro atoms. The summed E-state index contributed by atoms with van der Waals surface area (Å²) in [5, 5.41) is 9.84.